The molecule has 0 amide bonds. The maximum Gasteiger partial charge on any atom is 0.218 e. The van der Waals surface area contributed by atoms with Crippen LogP contribution in [0.15, 0.2) is 42.7 Å². The van der Waals surface area contributed by atoms with Crippen LogP contribution in [0.5, 0.6) is 0 Å². The standard InChI is InChI=1S/C19H20F2N6O2S/c1-14-23-18(12-19(24-14)27-4-2-3-22-27)25-5-7-26(8-6-25)30(28,29)13-15-9-16(20)11-17(21)10-15/h2-4,9-12H,5-8,13H2,1H3. The van der Waals surface area contributed by atoms with E-state index in [0.29, 0.717) is 30.5 Å². The Morgan fingerprint density at radius 2 is 1.63 bits per heavy atom. The first kappa shape index (κ1) is 20.4. The van der Waals surface area contributed by atoms with Gasteiger partial charge in [-0.1, -0.05) is 0 Å². The van der Waals surface area contributed by atoms with Crippen LogP contribution in [0.1, 0.15) is 11.4 Å². The van der Waals surface area contributed by atoms with Gasteiger partial charge in [-0.15, -0.1) is 0 Å². The number of aryl methyl sites for hydroxylation is 1. The van der Waals surface area contributed by atoms with E-state index in [2.05, 4.69) is 15.1 Å². The van der Waals surface area contributed by atoms with E-state index in [0.717, 1.165) is 18.2 Å². The Labute approximate surface area is 172 Å². The molecule has 1 aliphatic heterocycles. The molecule has 3 aromatic rings. The van der Waals surface area contributed by atoms with Crippen LogP contribution < -0.4 is 4.90 Å². The summed E-state index contributed by atoms with van der Waals surface area (Å²) in [6.07, 6.45) is 3.44. The second-order valence-corrected chi connectivity index (χ2v) is 8.97. The van der Waals surface area contributed by atoms with Crippen molar-refractivity contribution in [2.75, 3.05) is 31.1 Å². The molecule has 0 atom stereocenters. The molecule has 0 radical (unpaired) electrons. The monoisotopic (exact) mass is 434 g/mol. The number of hydrogen-bond donors (Lipinski definition) is 0. The SMILES string of the molecule is Cc1nc(N2CCN(S(=O)(=O)Cc3cc(F)cc(F)c3)CC2)cc(-n2cccn2)n1. The number of sulfonamides is 1. The summed E-state index contributed by atoms with van der Waals surface area (Å²) in [5, 5.41) is 4.18. The van der Waals surface area contributed by atoms with Gasteiger partial charge in [0, 0.05) is 50.7 Å². The minimum absolute atomic E-state index is 0.0882. The van der Waals surface area contributed by atoms with E-state index in [9.17, 15) is 17.2 Å². The smallest absolute Gasteiger partial charge is 0.218 e. The molecule has 4 rings (SSSR count). The first-order valence-corrected chi connectivity index (χ1v) is 10.9. The summed E-state index contributed by atoms with van der Waals surface area (Å²) >= 11 is 0. The Hall–Kier alpha value is -2.92. The van der Waals surface area contributed by atoms with Crippen molar-refractivity contribution in [1.29, 1.82) is 0 Å². The molecule has 1 aromatic carbocycles. The fourth-order valence-electron chi connectivity index (χ4n) is 3.41. The Bertz CT molecular complexity index is 1130. The molecule has 0 aliphatic carbocycles. The molecule has 11 heteroatoms. The summed E-state index contributed by atoms with van der Waals surface area (Å²) in [6, 6.07) is 6.40. The van der Waals surface area contributed by atoms with Crippen LogP contribution in [-0.4, -0.2) is 58.7 Å². The van der Waals surface area contributed by atoms with Gasteiger partial charge in [-0.2, -0.15) is 9.40 Å². The minimum atomic E-state index is -3.70. The van der Waals surface area contributed by atoms with E-state index in [1.54, 1.807) is 36.1 Å². The molecule has 0 saturated carbocycles. The van der Waals surface area contributed by atoms with Crippen molar-refractivity contribution in [2.24, 2.45) is 0 Å². The summed E-state index contributed by atoms with van der Waals surface area (Å²) in [4.78, 5) is 10.8. The highest BCUT2D eigenvalue weighted by Crippen LogP contribution is 2.20. The van der Waals surface area contributed by atoms with Gasteiger partial charge in [-0.25, -0.2) is 31.8 Å². The van der Waals surface area contributed by atoms with Crippen molar-refractivity contribution in [3.8, 4) is 5.82 Å². The first-order chi connectivity index (χ1) is 14.3. The lowest BCUT2D eigenvalue weighted by Crippen LogP contribution is -2.49. The van der Waals surface area contributed by atoms with E-state index in [-0.39, 0.29) is 18.7 Å². The van der Waals surface area contributed by atoms with E-state index in [1.165, 1.54) is 4.31 Å². The Morgan fingerprint density at radius 1 is 0.967 bits per heavy atom. The molecule has 1 saturated heterocycles. The normalized spacial score (nSPS) is 15.5. The molecule has 158 valence electrons. The third kappa shape index (κ3) is 4.46. The molecular weight excluding hydrogens is 414 g/mol. The van der Waals surface area contributed by atoms with Crippen LogP contribution in [0.25, 0.3) is 5.82 Å². The molecule has 1 aliphatic rings. The molecular formula is C19H20F2N6O2S. The van der Waals surface area contributed by atoms with Gasteiger partial charge >= 0.3 is 0 Å². The largest absolute Gasteiger partial charge is 0.354 e. The number of nitrogens with zero attached hydrogens (tertiary/aromatic N) is 6. The number of benzene rings is 1. The molecule has 1 fully saturated rings. The lowest BCUT2D eigenvalue weighted by Gasteiger charge is -2.34. The van der Waals surface area contributed by atoms with Crippen molar-refractivity contribution in [2.45, 2.75) is 12.7 Å². The van der Waals surface area contributed by atoms with Gasteiger partial charge in [0.2, 0.25) is 10.0 Å². The Morgan fingerprint density at radius 3 is 2.27 bits per heavy atom. The summed E-state index contributed by atoms with van der Waals surface area (Å²) < 4.78 is 55.2. The third-order valence-electron chi connectivity index (χ3n) is 4.78. The molecule has 30 heavy (non-hydrogen) atoms. The van der Waals surface area contributed by atoms with Crippen molar-refractivity contribution in [3.05, 3.63) is 65.7 Å². The molecule has 0 N–H and O–H groups in total. The zero-order chi connectivity index (χ0) is 21.3. The van der Waals surface area contributed by atoms with Crippen LogP contribution >= 0.6 is 0 Å². The molecule has 0 unspecified atom stereocenters. The molecule has 8 nitrogen and oxygen atoms in total. The molecule has 0 spiro atoms. The van der Waals surface area contributed by atoms with Gasteiger partial charge in [-0.05, 0) is 30.7 Å². The van der Waals surface area contributed by atoms with Crippen LogP contribution in [0, 0.1) is 18.6 Å². The summed E-state index contributed by atoms with van der Waals surface area (Å²) in [6.45, 7) is 3.16. The predicted octanol–water partition coefficient (Wildman–Crippen LogP) is 1.90. The topological polar surface area (TPSA) is 84.2 Å². The minimum Gasteiger partial charge on any atom is -0.354 e. The molecule has 2 aromatic heterocycles. The van der Waals surface area contributed by atoms with Gasteiger partial charge in [0.15, 0.2) is 5.82 Å². The van der Waals surface area contributed by atoms with Gasteiger partial charge < -0.3 is 4.90 Å². The van der Waals surface area contributed by atoms with Crippen LogP contribution in [0.4, 0.5) is 14.6 Å². The Balaban J connectivity index is 1.46. The quantitative estimate of drug-likeness (QED) is 0.610. The zero-order valence-electron chi connectivity index (χ0n) is 16.2. The van der Waals surface area contributed by atoms with E-state index >= 15 is 0 Å². The van der Waals surface area contributed by atoms with Gasteiger partial charge in [0.25, 0.3) is 0 Å². The summed E-state index contributed by atoms with van der Waals surface area (Å²) in [5.74, 6) is -0.129. The highest BCUT2D eigenvalue weighted by molar-refractivity contribution is 7.88. The fourth-order valence-corrected chi connectivity index (χ4v) is 4.90. The average molecular weight is 434 g/mol. The van der Waals surface area contributed by atoms with E-state index in [1.807, 2.05) is 4.90 Å². The van der Waals surface area contributed by atoms with Crippen molar-refractivity contribution in [1.82, 2.24) is 24.1 Å². The van der Waals surface area contributed by atoms with Crippen molar-refractivity contribution >= 4 is 15.8 Å². The number of rotatable bonds is 5. The highest BCUT2D eigenvalue weighted by Gasteiger charge is 2.28. The highest BCUT2D eigenvalue weighted by atomic mass is 32.2. The fraction of sp³-hybridized carbons (Fsp3) is 0.316. The van der Waals surface area contributed by atoms with Crippen molar-refractivity contribution in [3.63, 3.8) is 0 Å². The number of hydrogen-bond acceptors (Lipinski definition) is 6. The summed E-state index contributed by atoms with van der Waals surface area (Å²) in [7, 11) is -3.70. The number of piperazine rings is 1. The molecule has 0 bridgehead atoms. The van der Waals surface area contributed by atoms with Crippen LogP contribution in [-0.2, 0) is 15.8 Å². The number of aromatic nitrogens is 4. The lowest BCUT2D eigenvalue weighted by molar-refractivity contribution is 0.383. The average Bonchev–Trinajstić information content (AvgIpc) is 3.21. The van der Waals surface area contributed by atoms with Crippen molar-refractivity contribution < 1.29 is 17.2 Å². The Kier molecular flexibility index (Phi) is 5.48. The van der Waals surface area contributed by atoms with Gasteiger partial charge in [0.05, 0.1) is 5.75 Å². The maximum absolute atomic E-state index is 13.4. The summed E-state index contributed by atoms with van der Waals surface area (Å²) in [5.41, 5.74) is 0.0882. The number of anilines is 1. The predicted molar refractivity (Wildman–Crippen MR) is 107 cm³/mol. The van der Waals surface area contributed by atoms with E-state index in [4.69, 9.17) is 0 Å². The van der Waals surface area contributed by atoms with E-state index < -0.39 is 27.4 Å². The van der Waals surface area contributed by atoms with Crippen LogP contribution in [0.3, 0.4) is 0 Å². The second-order valence-electron chi connectivity index (χ2n) is 7.00. The number of halogens is 2. The third-order valence-corrected chi connectivity index (χ3v) is 6.63. The van der Waals surface area contributed by atoms with Gasteiger partial charge in [0.1, 0.15) is 23.3 Å². The first-order valence-electron chi connectivity index (χ1n) is 9.34. The second kappa shape index (κ2) is 8.07. The maximum atomic E-state index is 13.4. The zero-order valence-corrected chi connectivity index (χ0v) is 17.1. The van der Waals surface area contributed by atoms with Gasteiger partial charge in [-0.3, -0.25) is 0 Å². The molecule has 3 heterocycles. The lowest BCUT2D eigenvalue weighted by atomic mass is 10.2. The van der Waals surface area contributed by atoms with Crippen LogP contribution in [0.2, 0.25) is 0 Å².